The number of benzene rings is 1. The monoisotopic (exact) mass is 277 g/mol. The van der Waals surface area contributed by atoms with Crippen molar-refractivity contribution in [2.75, 3.05) is 5.32 Å². The second-order valence-electron chi connectivity index (χ2n) is 3.85. The molecule has 2 aromatic rings. The van der Waals surface area contributed by atoms with Gasteiger partial charge in [0.2, 0.25) is 0 Å². The molecule has 0 amide bonds. The van der Waals surface area contributed by atoms with Crippen LogP contribution in [-0.2, 0) is 6.54 Å². The molecule has 19 heavy (non-hydrogen) atoms. The predicted molar refractivity (Wildman–Crippen MR) is 88.1 cm³/mol. The molecule has 1 aliphatic heterocycles. The number of hydrogen-bond donors (Lipinski definition) is 2. The summed E-state index contributed by atoms with van der Waals surface area (Å²) in [7, 11) is 2.60. The summed E-state index contributed by atoms with van der Waals surface area (Å²) in [5.74, 6) is 0. The number of anilines is 1. The number of rotatable bonds is 0. The molecule has 0 fully saturated rings. The smallest absolute Gasteiger partial charge is 0.123 e. The number of hydrogen-bond acceptors (Lipinski definition) is 2. The zero-order chi connectivity index (χ0) is 14.4. The summed E-state index contributed by atoms with van der Waals surface area (Å²) in [5.41, 5.74) is 6.78. The summed E-state index contributed by atoms with van der Waals surface area (Å²) in [6.45, 7) is 10.9. The van der Waals surface area contributed by atoms with E-state index in [0.717, 1.165) is 23.5 Å². The maximum Gasteiger partial charge on any atom is 0.123 e. The number of H-pyrrole nitrogens is 1. The first-order valence-electron chi connectivity index (χ1n) is 6.93. The van der Waals surface area contributed by atoms with Crippen molar-refractivity contribution in [2.24, 2.45) is 0 Å². The fourth-order valence-electron chi connectivity index (χ4n) is 1.97. The maximum atomic E-state index is 4.49. The van der Waals surface area contributed by atoms with Crippen LogP contribution in [0.3, 0.4) is 0 Å². The Labute approximate surface area is 118 Å². The van der Waals surface area contributed by atoms with Gasteiger partial charge in [-0.05, 0) is 18.6 Å². The summed E-state index contributed by atoms with van der Waals surface area (Å²) in [6.07, 6.45) is 0. The Balaban J connectivity index is 0.000000415. The molecule has 1 unspecified atom stereocenters. The molecule has 1 aliphatic rings. The molecule has 1 aromatic heterocycles. The SMILES string of the molecule is CC.CC.Cc1ccc2c(c1)NCc1[nH]c(P)nc1-2. The van der Waals surface area contributed by atoms with Gasteiger partial charge in [-0.3, -0.25) is 0 Å². The first kappa shape index (κ1) is 15.7. The second-order valence-corrected chi connectivity index (χ2v) is 4.40. The molecule has 3 nitrogen and oxygen atoms in total. The van der Waals surface area contributed by atoms with Gasteiger partial charge in [0.05, 0.1) is 17.9 Å². The molecule has 1 atom stereocenters. The van der Waals surface area contributed by atoms with Crippen LogP contribution in [0.1, 0.15) is 39.0 Å². The molecule has 4 heteroatoms. The van der Waals surface area contributed by atoms with Crippen LogP contribution >= 0.6 is 9.24 Å². The zero-order valence-electron chi connectivity index (χ0n) is 12.5. The summed E-state index contributed by atoms with van der Waals surface area (Å²) in [5, 5.41) is 3.39. The van der Waals surface area contributed by atoms with Gasteiger partial charge in [-0.25, -0.2) is 4.98 Å². The van der Waals surface area contributed by atoms with Crippen molar-refractivity contribution >= 4 is 20.5 Å². The highest BCUT2D eigenvalue weighted by molar-refractivity contribution is 7.26. The van der Waals surface area contributed by atoms with Crippen molar-refractivity contribution < 1.29 is 0 Å². The third-order valence-corrected chi connectivity index (χ3v) is 2.96. The van der Waals surface area contributed by atoms with Crippen molar-refractivity contribution in [1.29, 1.82) is 0 Å². The van der Waals surface area contributed by atoms with Crippen LogP contribution in [0.5, 0.6) is 0 Å². The van der Waals surface area contributed by atoms with Crippen molar-refractivity contribution in [3.8, 4) is 11.3 Å². The minimum Gasteiger partial charge on any atom is -0.379 e. The lowest BCUT2D eigenvalue weighted by atomic mass is 10.0. The molecule has 3 rings (SSSR count). The van der Waals surface area contributed by atoms with Crippen molar-refractivity contribution in [3.05, 3.63) is 29.5 Å². The Bertz CT molecular complexity index is 532. The molecule has 0 bridgehead atoms. The predicted octanol–water partition coefficient (Wildman–Crippen LogP) is 3.86. The Morgan fingerprint density at radius 3 is 2.53 bits per heavy atom. The lowest BCUT2D eigenvalue weighted by Crippen LogP contribution is -2.08. The van der Waals surface area contributed by atoms with Crippen LogP contribution in [0, 0.1) is 6.92 Å². The standard InChI is InChI=1S/C11H12N3P.2C2H6/c1-6-2-3-7-8(4-6)12-5-9-10(7)14-11(15)13-9;2*1-2/h2-4,12H,5,15H2,1H3,(H,13,14);2*1-2H3. The largest absolute Gasteiger partial charge is 0.379 e. The normalized spacial score (nSPS) is 10.8. The first-order chi connectivity index (χ1) is 9.24. The van der Waals surface area contributed by atoms with Crippen LogP contribution in [0.25, 0.3) is 11.3 Å². The first-order valence-corrected chi connectivity index (χ1v) is 7.51. The molecule has 2 N–H and O–H groups in total. The molecular weight excluding hydrogens is 253 g/mol. The van der Waals surface area contributed by atoms with Gasteiger partial charge in [0, 0.05) is 11.3 Å². The fraction of sp³-hybridized carbons (Fsp3) is 0.400. The summed E-state index contributed by atoms with van der Waals surface area (Å²) in [6, 6.07) is 6.41. The van der Waals surface area contributed by atoms with Crippen LogP contribution in [0.4, 0.5) is 5.69 Å². The minimum absolute atomic E-state index is 0.827. The molecule has 0 saturated heterocycles. The van der Waals surface area contributed by atoms with E-state index < -0.39 is 0 Å². The van der Waals surface area contributed by atoms with Crippen LogP contribution in [0.2, 0.25) is 0 Å². The van der Waals surface area contributed by atoms with Crippen molar-refractivity contribution in [2.45, 2.75) is 41.2 Å². The average Bonchev–Trinajstić information content (AvgIpc) is 2.83. The topological polar surface area (TPSA) is 40.7 Å². The van der Waals surface area contributed by atoms with E-state index in [4.69, 9.17) is 0 Å². The highest BCUT2D eigenvalue weighted by Gasteiger charge is 2.18. The van der Waals surface area contributed by atoms with E-state index in [-0.39, 0.29) is 0 Å². The van der Waals surface area contributed by atoms with E-state index in [2.05, 4.69) is 49.6 Å². The van der Waals surface area contributed by atoms with Crippen LogP contribution in [-0.4, -0.2) is 9.97 Å². The van der Waals surface area contributed by atoms with E-state index in [9.17, 15) is 0 Å². The zero-order valence-corrected chi connectivity index (χ0v) is 13.6. The third kappa shape index (κ3) is 3.36. The number of fused-ring (bicyclic) bond motifs is 3. The lowest BCUT2D eigenvalue weighted by molar-refractivity contribution is 1.06. The number of aromatic nitrogens is 2. The Morgan fingerprint density at radius 2 is 1.84 bits per heavy atom. The number of nitrogens with zero attached hydrogens (tertiary/aromatic N) is 1. The van der Waals surface area contributed by atoms with Gasteiger partial charge in [0.15, 0.2) is 0 Å². The quantitative estimate of drug-likeness (QED) is 0.718. The summed E-state index contributed by atoms with van der Waals surface area (Å²) in [4.78, 5) is 7.73. The minimum atomic E-state index is 0.827. The number of imidazole rings is 1. The molecule has 0 spiro atoms. The van der Waals surface area contributed by atoms with Crippen LogP contribution < -0.4 is 10.9 Å². The molecule has 1 aromatic carbocycles. The van der Waals surface area contributed by atoms with Gasteiger partial charge < -0.3 is 10.3 Å². The molecule has 0 radical (unpaired) electrons. The summed E-state index contributed by atoms with van der Waals surface area (Å²) < 4.78 is 0. The summed E-state index contributed by atoms with van der Waals surface area (Å²) >= 11 is 0. The molecule has 0 saturated carbocycles. The van der Waals surface area contributed by atoms with Gasteiger partial charge in [-0.15, -0.1) is 0 Å². The van der Waals surface area contributed by atoms with Gasteiger partial charge in [0.25, 0.3) is 0 Å². The van der Waals surface area contributed by atoms with Gasteiger partial charge in [-0.2, -0.15) is 0 Å². The Hall–Kier alpha value is -1.34. The molecule has 0 aliphatic carbocycles. The average molecular weight is 277 g/mol. The molecule has 2 heterocycles. The lowest BCUT2D eigenvalue weighted by Gasteiger charge is -2.17. The van der Waals surface area contributed by atoms with Gasteiger partial charge >= 0.3 is 0 Å². The van der Waals surface area contributed by atoms with Gasteiger partial charge in [0.1, 0.15) is 5.57 Å². The third-order valence-electron chi connectivity index (χ3n) is 2.68. The van der Waals surface area contributed by atoms with Crippen molar-refractivity contribution in [1.82, 2.24) is 9.97 Å². The molecular formula is C15H24N3P. The second kappa shape index (κ2) is 7.30. The van der Waals surface area contributed by atoms with E-state index in [0.29, 0.717) is 0 Å². The van der Waals surface area contributed by atoms with Crippen LogP contribution in [0.15, 0.2) is 18.2 Å². The number of nitrogens with one attached hydrogen (secondary N) is 2. The molecule has 104 valence electrons. The highest BCUT2D eigenvalue weighted by atomic mass is 31.0. The van der Waals surface area contributed by atoms with E-state index in [1.54, 1.807) is 0 Å². The highest BCUT2D eigenvalue weighted by Crippen LogP contribution is 2.33. The fourth-order valence-corrected chi connectivity index (χ4v) is 2.28. The number of aromatic amines is 1. The Morgan fingerprint density at radius 1 is 1.16 bits per heavy atom. The van der Waals surface area contributed by atoms with E-state index in [1.165, 1.54) is 16.8 Å². The van der Waals surface area contributed by atoms with Gasteiger partial charge in [-0.1, -0.05) is 49.1 Å². The van der Waals surface area contributed by atoms with Crippen molar-refractivity contribution in [3.63, 3.8) is 0 Å². The Kier molecular flexibility index (Phi) is 6.04. The van der Waals surface area contributed by atoms with E-state index >= 15 is 0 Å². The maximum absolute atomic E-state index is 4.49. The van der Waals surface area contributed by atoms with E-state index in [1.807, 2.05) is 27.7 Å². The number of aryl methyl sites for hydroxylation is 1.